The van der Waals surface area contributed by atoms with E-state index in [4.69, 9.17) is 14.2 Å². The Balaban J connectivity index is 1.67. The molecule has 0 aromatic heterocycles. The number of hydrogen-bond acceptors (Lipinski definition) is 4. The SMILES string of the molecule is CCOc1cc2c(cc1NC(=O)COc1ccc(Br)cc1)OC(C)C2. The van der Waals surface area contributed by atoms with Crippen molar-refractivity contribution in [1.29, 1.82) is 0 Å². The summed E-state index contributed by atoms with van der Waals surface area (Å²) in [4.78, 5) is 12.2. The van der Waals surface area contributed by atoms with Crippen molar-refractivity contribution in [3.05, 3.63) is 46.4 Å². The molecule has 1 amide bonds. The Labute approximate surface area is 155 Å². The van der Waals surface area contributed by atoms with E-state index in [-0.39, 0.29) is 18.6 Å². The average Bonchev–Trinajstić information content (AvgIpc) is 2.94. The lowest BCUT2D eigenvalue weighted by Gasteiger charge is -2.14. The van der Waals surface area contributed by atoms with Crippen LogP contribution in [0.4, 0.5) is 5.69 Å². The highest BCUT2D eigenvalue weighted by Gasteiger charge is 2.22. The molecule has 1 aliphatic heterocycles. The van der Waals surface area contributed by atoms with Gasteiger partial charge in [0.1, 0.15) is 23.4 Å². The highest BCUT2D eigenvalue weighted by atomic mass is 79.9. The third-order valence-electron chi connectivity index (χ3n) is 3.76. The summed E-state index contributed by atoms with van der Waals surface area (Å²) in [5.74, 6) is 1.82. The highest BCUT2D eigenvalue weighted by molar-refractivity contribution is 9.10. The maximum Gasteiger partial charge on any atom is 0.262 e. The Morgan fingerprint density at radius 2 is 2.04 bits per heavy atom. The zero-order valence-corrected chi connectivity index (χ0v) is 15.8. The third-order valence-corrected chi connectivity index (χ3v) is 4.28. The number of fused-ring (bicyclic) bond motifs is 1. The van der Waals surface area contributed by atoms with Gasteiger partial charge in [0.15, 0.2) is 6.61 Å². The number of anilines is 1. The van der Waals surface area contributed by atoms with Crippen LogP contribution in [0.1, 0.15) is 19.4 Å². The van der Waals surface area contributed by atoms with Crippen molar-refractivity contribution >= 4 is 27.5 Å². The molecule has 1 heterocycles. The first kappa shape index (κ1) is 17.6. The van der Waals surface area contributed by atoms with Crippen molar-refractivity contribution in [3.8, 4) is 17.2 Å². The van der Waals surface area contributed by atoms with Crippen LogP contribution in [0, 0.1) is 0 Å². The minimum absolute atomic E-state index is 0.0818. The van der Waals surface area contributed by atoms with Crippen LogP contribution in [0.15, 0.2) is 40.9 Å². The molecule has 5 nitrogen and oxygen atoms in total. The summed E-state index contributed by atoms with van der Waals surface area (Å²) in [6.07, 6.45) is 0.979. The van der Waals surface area contributed by atoms with Crippen molar-refractivity contribution in [2.24, 2.45) is 0 Å². The predicted molar refractivity (Wildman–Crippen MR) is 99.7 cm³/mol. The number of ether oxygens (including phenoxy) is 3. The Kier molecular flexibility index (Phi) is 5.48. The van der Waals surface area contributed by atoms with Gasteiger partial charge in [0.25, 0.3) is 5.91 Å². The van der Waals surface area contributed by atoms with Gasteiger partial charge in [0, 0.05) is 22.5 Å². The second-order valence-corrected chi connectivity index (χ2v) is 6.73. The fourth-order valence-electron chi connectivity index (χ4n) is 2.68. The van der Waals surface area contributed by atoms with E-state index in [1.807, 2.05) is 38.1 Å². The van der Waals surface area contributed by atoms with Crippen molar-refractivity contribution in [1.82, 2.24) is 0 Å². The van der Waals surface area contributed by atoms with E-state index in [2.05, 4.69) is 21.2 Å². The van der Waals surface area contributed by atoms with Gasteiger partial charge in [0.05, 0.1) is 12.3 Å². The van der Waals surface area contributed by atoms with Crippen LogP contribution in [0.5, 0.6) is 17.2 Å². The molecule has 0 fully saturated rings. The summed E-state index contributed by atoms with van der Waals surface area (Å²) < 4.78 is 17.9. The normalized spacial score (nSPS) is 15.2. The number of nitrogens with one attached hydrogen (secondary N) is 1. The van der Waals surface area contributed by atoms with Crippen LogP contribution < -0.4 is 19.5 Å². The molecule has 0 aliphatic carbocycles. The van der Waals surface area contributed by atoms with Gasteiger partial charge in [-0.3, -0.25) is 4.79 Å². The van der Waals surface area contributed by atoms with E-state index in [1.54, 1.807) is 12.1 Å². The lowest BCUT2D eigenvalue weighted by atomic mass is 10.1. The standard InChI is InChI=1S/C19H20BrNO4/c1-3-23-18-9-13-8-12(2)25-17(13)10-16(18)21-19(22)11-24-15-6-4-14(20)5-7-15/h4-7,9-10,12H,3,8,11H2,1-2H3,(H,21,22). The second-order valence-electron chi connectivity index (χ2n) is 5.81. The first-order valence-electron chi connectivity index (χ1n) is 8.19. The predicted octanol–water partition coefficient (Wildman–Crippen LogP) is 4.19. The van der Waals surface area contributed by atoms with Crippen LogP contribution >= 0.6 is 15.9 Å². The summed E-state index contributed by atoms with van der Waals surface area (Å²) in [6.45, 7) is 4.37. The number of benzene rings is 2. The molecule has 1 atom stereocenters. The summed E-state index contributed by atoms with van der Waals surface area (Å²) in [5.41, 5.74) is 1.69. The van der Waals surface area contributed by atoms with Gasteiger partial charge in [-0.05, 0) is 44.2 Å². The molecule has 132 valence electrons. The van der Waals surface area contributed by atoms with Gasteiger partial charge in [0.2, 0.25) is 0 Å². The van der Waals surface area contributed by atoms with Crippen LogP contribution in [0.2, 0.25) is 0 Å². The second kappa shape index (κ2) is 7.78. The van der Waals surface area contributed by atoms with Gasteiger partial charge >= 0.3 is 0 Å². The van der Waals surface area contributed by atoms with Gasteiger partial charge in [-0.25, -0.2) is 0 Å². The lowest BCUT2D eigenvalue weighted by Crippen LogP contribution is -2.20. The van der Waals surface area contributed by atoms with E-state index in [0.717, 1.165) is 22.2 Å². The summed E-state index contributed by atoms with van der Waals surface area (Å²) in [6, 6.07) is 11.1. The van der Waals surface area contributed by atoms with E-state index in [0.29, 0.717) is 23.8 Å². The largest absolute Gasteiger partial charge is 0.492 e. The zero-order valence-electron chi connectivity index (χ0n) is 14.2. The Hall–Kier alpha value is -2.21. The fraction of sp³-hybridized carbons (Fsp3) is 0.316. The molecule has 1 N–H and O–H groups in total. The average molecular weight is 406 g/mol. The van der Waals surface area contributed by atoms with E-state index in [9.17, 15) is 4.79 Å². The van der Waals surface area contributed by atoms with E-state index < -0.39 is 0 Å². The van der Waals surface area contributed by atoms with Crippen LogP contribution in [0.3, 0.4) is 0 Å². The summed E-state index contributed by atoms with van der Waals surface area (Å²) >= 11 is 3.36. The molecule has 0 radical (unpaired) electrons. The molecule has 0 spiro atoms. The first-order chi connectivity index (χ1) is 12.0. The van der Waals surface area contributed by atoms with Gasteiger partial charge in [-0.1, -0.05) is 15.9 Å². The molecular weight excluding hydrogens is 386 g/mol. The van der Waals surface area contributed by atoms with Crippen LogP contribution in [-0.4, -0.2) is 25.2 Å². The molecule has 0 saturated heterocycles. The number of carbonyl (C=O) groups is 1. The maximum absolute atomic E-state index is 12.2. The molecule has 3 rings (SSSR count). The molecule has 25 heavy (non-hydrogen) atoms. The van der Waals surface area contributed by atoms with Crippen molar-refractivity contribution in [2.75, 3.05) is 18.5 Å². The number of amides is 1. The minimum atomic E-state index is -0.255. The number of halogens is 1. The van der Waals surface area contributed by atoms with Crippen LogP contribution in [-0.2, 0) is 11.2 Å². The van der Waals surface area contributed by atoms with Crippen molar-refractivity contribution in [3.63, 3.8) is 0 Å². The monoisotopic (exact) mass is 405 g/mol. The molecule has 0 bridgehead atoms. The quantitative estimate of drug-likeness (QED) is 0.782. The molecule has 2 aromatic rings. The number of carbonyl (C=O) groups excluding carboxylic acids is 1. The maximum atomic E-state index is 12.2. The Morgan fingerprint density at radius 1 is 1.28 bits per heavy atom. The number of hydrogen-bond donors (Lipinski definition) is 1. The van der Waals surface area contributed by atoms with Gasteiger partial charge in [-0.2, -0.15) is 0 Å². The Morgan fingerprint density at radius 3 is 2.76 bits per heavy atom. The van der Waals surface area contributed by atoms with Gasteiger partial charge in [-0.15, -0.1) is 0 Å². The molecular formula is C19H20BrNO4. The van der Waals surface area contributed by atoms with Crippen molar-refractivity contribution in [2.45, 2.75) is 26.4 Å². The minimum Gasteiger partial charge on any atom is -0.492 e. The smallest absolute Gasteiger partial charge is 0.262 e. The molecule has 1 aliphatic rings. The molecule has 6 heteroatoms. The lowest BCUT2D eigenvalue weighted by molar-refractivity contribution is -0.118. The fourth-order valence-corrected chi connectivity index (χ4v) is 2.94. The topological polar surface area (TPSA) is 56.8 Å². The first-order valence-corrected chi connectivity index (χ1v) is 8.99. The Bertz CT molecular complexity index is 761. The zero-order chi connectivity index (χ0) is 17.8. The molecule has 2 aromatic carbocycles. The number of rotatable bonds is 6. The molecule has 0 saturated carbocycles. The van der Waals surface area contributed by atoms with E-state index in [1.165, 1.54) is 0 Å². The highest BCUT2D eigenvalue weighted by Crippen LogP contribution is 2.38. The van der Waals surface area contributed by atoms with E-state index >= 15 is 0 Å². The van der Waals surface area contributed by atoms with Gasteiger partial charge < -0.3 is 19.5 Å². The summed E-state index contributed by atoms with van der Waals surface area (Å²) in [7, 11) is 0. The molecule has 1 unspecified atom stereocenters. The van der Waals surface area contributed by atoms with Crippen LogP contribution in [0.25, 0.3) is 0 Å². The summed E-state index contributed by atoms with van der Waals surface area (Å²) in [5, 5.41) is 2.84. The third kappa shape index (κ3) is 4.45. The van der Waals surface area contributed by atoms with Crippen molar-refractivity contribution < 1.29 is 19.0 Å².